The maximum Gasteiger partial charge on any atom is 0.336 e. The third-order valence-electron chi connectivity index (χ3n) is 9.14. The minimum atomic E-state index is -1.48. The van der Waals surface area contributed by atoms with Crippen LogP contribution in [0.5, 0.6) is 0 Å². The molecule has 0 radical (unpaired) electrons. The molecule has 6 aromatic carbocycles. The fraction of sp³-hybridized carbons (Fsp3) is 0. The molecule has 0 bridgehead atoms. The van der Waals surface area contributed by atoms with Crippen molar-refractivity contribution in [3.8, 4) is 0 Å². The molecule has 6 N–H and O–H groups in total. The first-order chi connectivity index (χ1) is 29.4. The lowest BCUT2D eigenvalue weighted by atomic mass is 9.98. The van der Waals surface area contributed by atoms with Crippen molar-refractivity contribution in [1.82, 2.24) is 15.0 Å². The SMILES string of the molecule is O=C(c1ccc(Nc2nc(Nc3ccc(C(=O)c4ccc(C(=O)O)c(C(=O)O)c4)cc3)nc(N(c3ccccc3)c3ccccc3)n2)cc1)c1ccc(C(=O)O)c(C(=O)O)c1. The summed E-state index contributed by atoms with van der Waals surface area (Å²) in [5, 5.41) is 44.0. The van der Waals surface area contributed by atoms with Gasteiger partial charge in [-0.2, -0.15) is 15.0 Å². The number of carboxylic acid groups (broad SMARTS) is 4. The predicted molar refractivity (Wildman–Crippen MR) is 222 cm³/mol. The minimum absolute atomic E-state index is 0.0121. The Labute approximate surface area is 345 Å². The van der Waals surface area contributed by atoms with Crippen LogP contribution >= 0.6 is 0 Å². The van der Waals surface area contributed by atoms with Crippen molar-refractivity contribution in [2.45, 2.75) is 0 Å². The molecule has 1 aromatic heterocycles. The zero-order chi connectivity index (χ0) is 43.2. The van der Waals surface area contributed by atoms with Crippen molar-refractivity contribution in [2.75, 3.05) is 15.5 Å². The number of nitrogens with zero attached hydrogens (tertiary/aromatic N) is 4. The fourth-order valence-corrected chi connectivity index (χ4v) is 6.21. The molecule has 0 aliphatic heterocycles. The normalized spacial score (nSPS) is 10.6. The second kappa shape index (κ2) is 17.2. The minimum Gasteiger partial charge on any atom is -0.478 e. The highest BCUT2D eigenvalue weighted by atomic mass is 16.4. The van der Waals surface area contributed by atoms with Gasteiger partial charge in [0, 0.05) is 45.0 Å². The van der Waals surface area contributed by atoms with Gasteiger partial charge in [-0.1, -0.05) is 48.5 Å². The van der Waals surface area contributed by atoms with E-state index in [0.717, 1.165) is 35.6 Å². The summed E-state index contributed by atoms with van der Waals surface area (Å²) in [7, 11) is 0. The Morgan fingerprint density at radius 3 is 1.08 bits per heavy atom. The number of carbonyl (C=O) groups excluding carboxylic acids is 2. The van der Waals surface area contributed by atoms with Crippen molar-refractivity contribution in [2.24, 2.45) is 0 Å². The summed E-state index contributed by atoms with van der Waals surface area (Å²) < 4.78 is 0. The zero-order valence-corrected chi connectivity index (χ0v) is 31.4. The molecular formula is C45H30N6O10. The first-order valence-corrected chi connectivity index (χ1v) is 18.1. The Bertz CT molecular complexity index is 2660. The number of anilines is 7. The molecule has 0 aliphatic carbocycles. The van der Waals surface area contributed by atoms with Crippen molar-refractivity contribution >= 4 is 76.0 Å². The number of hydrogen-bond acceptors (Lipinski definition) is 12. The standard InChI is InChI=1S/C45H30N6O10/c52-37(27-15-21-33(39(54)55)35(23-27)41(58)59)25-11-17-29(18-12-25)46-43-48-44(50-45(49-43)51(31-7-3-1-4-8-31)32-9-5-2-6-10-32)47-30-19-13-26(14-20-30)38(53)28-16-22-34(40(56)57)36(24-28)42(60)61/h1-24H,(H,54,55)(H,56,57)(H,58,59)(H,60,61)(H2,46,47,48,49,50). The number of carbonyl (C=O) groups is 6. The van der Waals surface area contributed by atoms with Crippen molar-refractivity contribution in [3.63, 3.8) is 0 Å². The molecule has 0 saturated heterocycles. The topological polar surface area (TPSA) is 249 Å². The van der Waals surface area contributed by atoms with Crippen LogP contribution in [-0.2, 0) is 0 Å². The summed E-state index contributed by atoms with van der Waals surface area (Å²) in [4.78, 5) is 88.9. The second-order valence-electron chi connectivity index (χ2n) is 13.1. The van der Waals surface area contributed by atoms with Crippen molar-refractivity contribution in [3.05, 3.63) is 190 Å². The highest BCUT2D eigenvalue weighted by molar-refractivity contribution is 6.12. The Hall–Kier alpha value is -9.05. The van der Waals surface area contributed by atoms with E-state index < -0.39 is 57.7 Å². The Morgan fingerprint density at radius 1 is 0.393 bits per heavy atom. The molecule has 7 rings (SSSR count). The first kappa shape index (κ1) is 40.2. The molecule has 300 valence electrons. The van der Waals surface area contributed by atoms with E-state index in [0.29, 0.717) is 11.4 Å². The van der Waals surface area contributed by atoms with Gasteiger partial charge in [-0.05, 0) is 97.1 Å². The molecule has 16 nitrogen and oxygen atoms in total. The van der Waals surface area contributed by atoms with E-state index >= 15 is 0 Å². The first-order valence-electron chi connectivity index (χ1n) is 18.1. The molecule has 0 atom stereocenters. The summed E-state index contributed by atoms with van der Waals surface area (Å²) >= 11 is 0. The van der Waals surface area contributed by atoms with Crippen LogP contribution in [0.2, 0.25) is 0 Å². The highest BCUT2D eigenvalue weighted by Gasteiger charge is 2.22. The van der Waals surface area contributed by atoms with Crippen LogP contribution in [0.4, 0.5) is 40.6 Å². The van der Waals surface area contributed by atoms with E-state index in [-0.39, 0.29) is 40.1 Å². The highest BCUT2D eigenvalue weighted by Crippen LogP contribution is 2.33. The Morgan fingerprint density at radius 2 is 0.738 bits per heavy atom. The van der Waals surface area contributed by atoms with Gasteiger partial charge in [-0.15, -0.1) is 0 Å². The number of benzene rings is 6. The lowest BCUT2D eigenvalue weighted by Crippen LogP contribution is -2.16. The molecule has 16 heteroatoms. The van der Waals surface area contributed by atoms with E-state index in [1.165, 1.54) is 36.4 Å². The van der Waals surface area contributed by atoms with E-state index in [1.54, 1.807) is 24.3 Å². The van der Waals surface area contributed by atoms with Crippen molar-refractivity contribution in [1.29, 1.82) is 0 Å². The smallest absolute Gasteiger partial charge is 0.336 e. The molecule has 0 amide bonds. The Kier molecular flexibility index (Phi) is 11.3. The van der Waals surface area contributed by atoms with Gasteiger partial charge >= 0.3 is 23.9 Å². The zero-order valence-electron chi connectivity index (χ0n) is 31.4. The predicted octanol–water partition coefficient (Wildman–Crippen LogP) is 8.08. The largest absolute Gasteiger partial charge is 0.478 e. The van der Waals surface area contributed by atoms with Gasteiger partial charge < -0.3 is 31.1 Å². The summed E-state index contributed by atoms with van der Waals surface area (Å²) in [6, 6.07) is 37.8. The van der Waals surface area contributed by atoms with Gasteiger partial charge in [0.2, 0.25) is 17.8 Å². The quantitative estimate of drug-likeness (QED) is 0.0535. The van der Waals surface area contributed by atoms with Crippen molar-refractivity contribution < 1.29 is 49.2 Å². The van der Waals surface area contributed by atoms with Gasteiger partial charge in [0.05, 0.1) is 22.3 Å². The van der Waals surface area contributed by atoms with Gasteiger partial charge in [0.25, 0.3) is 0 Å². The third-order valence-corrected chi connectivity index (χ3v) is 9.14. The maximum absolute atomic E-state index is 13.3. The van der Waals surface area contributed by atoms with Crippen LogP contribution in [0.3, 0.4) is 0 Å². The van der Waals surface area contributed by atoms with Gasteiger partial charge in [-0.3, -0.25) is 14.5 Å². The summed E-state index contributed by atoms with van der Waals surface area (Å²) in [6.07, 6.45) is 0. The van der Waals surface area contributed by atoms with Gasteiger partial charge in [0.1, 0.15) is 0 Å². The fourth-order valence-electron chi connectivity index (χ4n) is 6.21. The molecule has 0 aliphatic rings. The molecule has 0 saturated carbocycles. The van der Waals surface area contributed by atoms with E-state index in [4.69, 9.17) is 9.97 Å². The number of nitrogens with one attached hydrogen (secondary N) is 2. The van der Waals surface area contributed by atoms with E-state index in [1.807, 2.05) is 65.6 Å². The molecule has 0 spiro atoms. The average Bonchev–Trinajstić information content (AvgIpc) is 3.26. The number of hydrogen-bond donors (Lipinski definition) is 6. The number of para-hydroxylation sites is 2. The number of carboxylic acids is 4. The lowest BCUT2D eigenvalue weighted by Gasteiger charge is -2.24. The number of ketones is 2. The lowest BCUT2D eigenvalue weighted by molar-refractivity contribution is 0.0651. The van der Waals surface area contributed by atoms with Crippen LogP contribution in [-0.4, -0.2) is 70.8 Å². The van der Waals surface area contributed by atoms with E-state index in [2.05, 4.69) is 15.6 Å². The second-order valence-corrected chi connectivity index (χ2v) is 13.1. The van der Waals surface area contributed by atoms with Crippen LogP contribution in [0.1, 0.15) is 73.3 Å². The summed E-state index contributed by atoms with van der Waals surface area (Å²) in [5.74, 6) is -6.53. The molecule has 0 fully saturated rings. The van der Waals surface area contributed by atoms with Crippen LogP contribution < -0.4 is 15.5 Å². The number of aromatic nitrogens is 3. The molecule has 7 aromatic rings. The molecule has 0 unspecified atom stereocenters. The summed E-state index contributed by atoms with van der Waals surface area (Å²) in [6.45, 7) is 0. The average molecular weight is 815 g/mol. The molecule has 61 heavy (non-hydrogen) atoms. The molecule has 1 heterocycles. The number of rotatable bonds is 15. The Balaban J connectivity index is 1.20. The van der Waals surface area contributed by atoms with Crippen LogP contribution in [0, 0.1) is 0 Å². The van der Waals surface area contributed by atoms with Gasteiger partial charge in [0.15, 0.2) is 11.6 Å². The van der Waals surface area contributed by atoms with Crippen LogP contribution in [0.15, 0.2) is 146 Å². The van der Waals surface area contributed by atoms with Gasteiger partial charge in [-0.25, -0.2) is 19.2 Å². The third kappa shape index (κ3) is 8.93. The monoisotopic (exact) mass is 814 g/mol. The van der Waals surface area contributed by atoms with E-state index in [9.17, 15) is 49.2 Å². The molecular weight excluding hydrogens is 785 g/mol. The van der Waals surface area contributed by atoms with Crippen LogP contribution in [0.25, 0.3) is 0 Å². The maximum atomic E-state index is 13.3. The number of aromatic carboxylic acids is 4. The summed E-state index contributed by atoms with van der Waals surface area (Å²) in [5.41, 5.74) is 0.830.